The molecule has 6 rings (SSSR count). The second kappa shape index (κ2) is 12.4. The fourth-order valence-corrected chi connectivity index (χ4v) is 5.68. The number of carboxylic acid groups (broad SMARTS) is 1. The molecule has 0 spiro atoms. The van der Waals surface area contributed by atoms with Gasteiger partial charge in [-0.25, -0.2) is 18.2 Å². The number of carbonyl (C=O) groups is 1. The van der Waals surface area contributed by atoms with Crippen molar-refractivity contribution >= 4 is 44.1 Å². The summed E-state index contributed by atoms with van der Waals surface area (Å²) in [5, 5.41) is 14.7. The monoisotopic (exact) mass is 612 g/mol. The summed E-state index contributed by atoms with van der Waals surface area (Å²) in [7, 11) is -4.59. The van der Waals surface area contributed by atoms with Crippen molar-refractivity contribution in [3.63, 3.8) is 0 Å². The number of rotatable bonds is 6. The SMILES string of the molecule is Cc1cc(S(=O)(=O)[O-])ccc1N=c1ccc2c(-c3ccccc3C(=O)O)c3ccc(Nc4ccccc4C)cc3oc-2c1.[Na+]. The average molecular weight is 613 g/mol. The molecule has 2 N–H and O–H groups in total. The first-order valence-electron chi connectivity index (χ1n) is 13.4. The standard InChI is InChI=1S/C34H26N2O6S.Na/c1-20-7-3-6-10-29(20)35-22-11-14-27-31(18-22)42-32-19-23(36-30-16-13-24(17-21(30)2)43(39,40)41)12-15-28(32)33(27)25-8-4-5-9-26(25)34(37)38;/h3-19,35H,1-2H3,(H,37,38)(H,39,40,41);/q;+1/p-1. The summed E-state index contributed by atoms with van der Waals surface area (Å²) in [6.45, 7) is 3.69. The van der Waals surface area contributed by atoms with Crippen LogP contribution >= 0.6 is 0 Å². The summed E-state index contributed by atoms with van der Waals surface area (Å²) < 4.78 is 40.7. The maximum absolute atomic E-state index is 12.2. The van der Waals surface area contributed by atoms with Crippen molar-refractivity contribution in [2.45, 2.75) is 18.7 Å². The summed E-state index contributed by atoms with van der Waals surface area (Å²) in [4.78, 5) is 16.6. The Bertz CT molecular complexity index is 2210. The van der Waals surface area contributed by atoms with Crippen molar-refractivity contribution in [1.29, 1.82) is 0 Å². The van der Waals surface area contributed by atoms with Crippen LogP contribution in [0.4, 0.5) is 17.1 Å². The molecule has 0 saturated carbocycles. The van der Waals surface area contributed by atoms with Crippen LogP contribution in [-0.4, -0.2) is 24.0 Å². The smallest absolute Gasteiger partial charge is 0.744 e. The number of nitrogens with one attached hydrogen (secondary N) is 1. The second-order valence-electron chi connectivity index (χ2n) is 10.2. The maximum atomic E-state index is 12.2. The molecule has 0 amide bonds. The van der Waals surface area contributed by atoms with E-state index < -0.39 is 16.1 Å². The molecule has 1 aliphatic heterocycles. The number of benzene rings is 5. The van der Waals surface area contributed by atoms with E-state index in [1.165, 1.54) is 18.2 Å². The van der Waals surface area contributed by atoms with Gasteiger partial charge in [0.05, 0.1) is 21.5 Å². The zero-order valence-corrected chi connectivity index (χ0v) is 27.0. The first-order chi connectivity index (χ1) is 20.6. The van der Waals surface area contributed by atoms with E-state index in [4.69, 9.17) is 4.42 Å². The van der Waals surface area contributed by atoms with E-state index in [9.17, 15) is 22.9 Å². The number of aromatic carboxylic acids is 1. The Kier molecular flexibility index (Phi) is 8.78. The molecular weight excluding hydrogens is 587 g/mol. The number of fused-ring (bicyclic) bond motifs is 2. The molecule has 0 saturated heterocycles. The third kappa shape index (κ3) is 6.19. The number of aryl methyl sites for hydroxylation is 2. The molecule has 0 atom stereocenters. The molecule has 0 unspecified atom stereocenters. The number of nitrogens with zero attached hydrogens (tertiary/aromatic N) is 1. The van der Waals surface area contributed by atoms with Gasteiger partial charge in [-0.2, -0.15) is 0 Å². The van der Waals surface area contributed by atoms with Crippen LogP contribution in [0.25, 0.3) is 33.4 Å². The molecule has 10 heteroatoms. The minimum atomic E-state index is -4.59. The van der Waals surface area contributed by atoms with Crippen LogP contribution in [-0.2, 0) is 10.1 Å². The van der Waals surface area contributed by atoms with Crippen LogP contribution in [0.2, 0.25) is 0 Å². The van der Waals surface area contributed by atoms with Gasteiger partial charge >= 0.3 is 35.5 Å². The summed E-state index contributed by atoms with van der Waals surface area (Å²) >= 11 is 0. The van der Waals surface area contributed by atoms with Gasteiger partial charge in [-0.1, -0.05) is 36.4 Å². The molecule has 0 aromatic heterocycles. The Morgan fingerprint density at radius 3 is 2.32 bits per heavy atom. The molecular formula is C34H25N2NaO6S. The molecule has 1 heterocycles. The Morgan fingerprint density at radius 2 is 1.59 bits per heavy atom. The number of hydrogen-bond donors (Lipinski definition) is 2. The largest absolute Gasteiger partial charge is 1.00 e. The van der Waals surface area contributed by atoms with Crippen LogP contribution in [0.15, 0.2) is 117 Å². The van der Waals surface area contributed by atoms with Crippen LogP contribution < -0.4 is 40.2 Å². The van der Waals surface area contributed by atoms with Gasteiger partial charge in [-0.05, 0) is 85.1 Å². The van der Waals surface area contributed by atoms with Crippen LogP contribution in [0.3, 0.4) is 0 Å². The number of anilines is 2. The van der Waals surface area contributed by atoms with Gasteiger partial charge in [-0.3, -0.25) is 0 Å². The number of carboxylic acids is 1. The molecule has 44 heavy (non-hydrogen) atoms. The van der Waals surface area contributed by atoms with E-state index in [1.807, 2.05) is 55.5 Å². The molecule has 4 aromatic carbocycles. The van der Waals surface area contributed by atoms with Crippen molar-refractivity contribution in [2.24, 2.45) is 4.99 Å². The topological polar surface area (TPSA) is 132 Å². The molecule has 0 bridgehead atoms. The van der Waals surface area contributed by atoms with Crippen molar-refractivity contribution in [3.05, 3.63) is 125 Å². The number of para-hydroxylation sites is 1. The van der Waals surface area contributed by atoms with Gasteiger partial charge in [0.2, 0.25) is 0 Å². The minimum Gasteiger partial charge on any atom is -0.744 e. The summed E-state index contributed by atoms with van der Waals surface area (Å²) in [5.74, 6) is -0.561. The van der Waals surface area contributed by atoms with Gasteiger partial charge in [0.25, 0.3) is 0 Å². The van der Waals surface area contributed by atoms with Gasteiger partial charge < -0.3 is 19.4 Å². The van der Waals surface area contributed by atoms with E-state index in [1.54, 1.807) is 43.3 Å². The summed E-state index contributed by atoms with van der Waals surface area (Å²) in [6.07, 6.45) is 0. The van der Waals surface area contributed by atoms with Crippen LogP contribution in [0.5, 0.6) is 0 Å². The molecule has 214 valence electrons. The average Bonchev–Trinajstić information content (AvgIpc) is 2.97. The van der Waals surface area contributed by atoms with Gasteiger partial charge in [0, 0.05) is 40.0 Å². The maximum Gasteiger partial charge on any atom is 1.00 e. The first-order valence-corrected chi connectivity index (χ1v) is 14.8. The molecule has 1 aliphatic carbocycles. The van der Waals surface area contributed by atoms with E-state index >= 15 is 0 Å². The molecule has 0 fully saturated rings. The molecule has 8 nitrogen and oxygen atoms in total. The van der Waals surface area contributed by atoms with Crippen molar-refractivity contribution in [3.8, 4) is 22.5 Å². The third-order valence-electron chi connectivity index (χ3n) is 7.26. The first kappa shape index (κ1) is 31.2. The Balaban J connectivity index is 0.00000384. The van der Waals surface area contributed by atoms with Crippen molar-refractivity contribution in [1.82, 2.24) is 0 Å². The zero-order chi connectivity index (χ0) is 30.3. The second-order valence-corrected chi connectivity index (χ2v) is 11.6. The predicted molar refractivity (Wildman–Crippen MR) is 164 cm³/mol. The van der Waals surface area contributed by atoms with Crippen LogP contribution in [0, 0.1) is 13.8 Å². The van der Waals surface area contributed by atoms with Crippen LogP contribution in [0.1, 0.15) is 21.5 Å². The zero-order valence-electron chi connectivity index (χ0n) is 24.2. The quantitative estimate of drug-likeness (QED) is 0.162. The Morgan fingerprint density at radius 1 is 0.841 bits per heavy atom. The van der Waals surface area contributed by atoms with E-state index in [-0.39, 0.29) is 40.0 Å². The van der Waals surface area contributed by atoms with E-state index in [0.29, 0.717) is 44.6 Å². The van der Waals surface area contributed by atoms with E-state index in [2.05, 4.69) is 10.3 Å². The molecule has 0 radical (unpaired) electrons. The Labute approximate surface area is 276 Å². The van der Waals surface area contributed by atoms with Crippen molar-refractivity contribution < 1.29 is 56.8 Å². The molecule has 4 aromatic rings. The fourth-order valence-electron chi connectivity index (χ4n) is 5.12. The van der Waals surface area contributed by atoms with Gasteiger partial charge in [-0.15, -0.1) is 0 Å². The third-order valence-corrected chi connectivity index (χ3v) is 8.09. The van der Waals surface area contributed by atoms with Gasteiger partial charge in [0.15, 0.2) is 0 Å². The predicted octanol–water partition coefficient (Wildman–Crippen LogP) is 4.40. The normalized spacial score (nSPS) is 11.8. The minimum absolute atomic E-state index is 0. The summed E-state index contributed by atoms with van der Waals surface area (Å²) in [5.41, 5.74) is 6.51. The van der Waals surface area contributed by atoms with E-state index in [0.717, 1.165) is 22.3 Å². The molecule has 2 aliphatic rings. The number of hydrogen-bond acceptors (Lipinski definition) is 7. The Hall–Kier alpha value is -4.25. The summed E-state index contributed by atoms with van der Waals surface area (Å²) in [6, 6.07) is 29.9. The fraction of sp³-hybridized carbons (Fsp3) is 0.0588. The van der Waals surface area contributed by atoms with Gasteiger partial charge in [0.1, 0.15) is 21.5 Å². The van der Waals surface area contributed by atoms with Crippen molar-refractivity contribution in [2.75, 3.05) is 5.32 Å².